The molecule has 9 aromatic carbocycles. The van der Waals surface area contributed by atoms with Crippen LogP contribution in [-0.2, 0) is 0 Å². The number of fused-ring (bicyclic) bond motifs is 9. The summed E-state index contributed by atoms with van der Waals surface area (Å²) in [5, 5.41) is 7.47. The number of aromatic nitrogens is 3. The van der Waals surface area contributed by atoms with E-state index in [1.165, 1.54) is 65.4 Å². The molecular weight excluding hydrogens is 781 g/mol. The SMILES string of the molecule is CN1C(c2ccc(-n3c4ccccc4c4ccccc43)cc2)=NC(c2ccc(-n3c4ccccc4c4ccccc43)cc2)=NC1c1ccc(-n2c3ccccc3c3ccccc32)cc1. The second-order valence-electron chi connectivity index (χ2n) is 16.7. The Balaban J connectivity index is 0.918. The second-order valence-corrected chi connectivity index (χ2v) is 16.7. The van der Waals surface area contributed by atoms with Crippen LogP contribution in [0.25, 0.3) is 82.5 Å². The van der Waals surface area contributed by atoms with Crippen molar-refractivity contribution in [3.8, 4) is 17.1 Å². The van der Waals surface area contributed by atoms with Crippen LogP contribution in [0.1, 0.15) is 22.9 Å². The van der Waals surface area contributed by atoms with Crippen LogP contribution in [-0.4, -0.2) is 37.3 Å². The molecular formula is C58H40N6. The van der Waals surface area contributed by atoms with Gasteiger partial charge in [-0.2, -0.15) is 0 Å². The molecule has 64 heavy (non-hydrogen) atoms. The quantitative estimate of drug-likeness (QED) is 0.165. The van der Waals surface area contributed by atoms with Crippen LogP contribution >= 0.6 is 0 Å². The Kier molecular flexibility index (Phi) is 8.09. The van der Waals surface area contributed by atoms with Gasteiger partial charge >= 0.3 is 0 Å². The van der Waals surface area contributed by atoms with E-state index < -0.39 is 0 Å². The van der Waals surface area contributed by atoms with E-state index in [-0.39, 0.29) is 6.17 Å². The van der Waals surface area contributed by atoms with E-state index in [2.05, 4.69) is 244 Å². The summed E-state index contributed by atoms with van der Waals surface area (Å²) in [6, 6.07) is 78.3. The van der Waals surface area contributed by atoms with Crippen LogP contribution in [0.2, 0.25) is 0 Å². The van der Waals surface area contributed by atoms with Gasteiger partial charge in [0.05, 0.1) is 33.1 Å². The fraction of sp³-hybridized carbons (Fsp3) is 0.0345. The van der Waals surface area contributed by atoms with Crippen molar-refractivity contribution in [2.75, 3.05) is 7.05 Å². The Bertz CT molecular complexity index is 3680. The predicted molar refractivity (Wildman–Crippen MR) is 266 cm³/mol. The molecule has 0 saturated heterocycles. The summed E-state index contributed by atoms with van der Waals surface area (Å²) in [5.74, 6) is 1.56. The summed E-state index contributed by atoms with van der Waals surface area (Å²) in [6.45, 7) is 0. The van der Waals surface area contributed by atoms with Crippen molar-refractivity contribution in [3.05, 3.63) is 235 Å². The number of hydrogen-bond acceptors (Lipinski definition) is 3. The maximum absolute atomic E-state index is 5.43. The number of rotatable bonds is 6. The predicted octanol–water partition coefficient (Wildman–Crippen LogP) is 13.8. The maximum Gasteiger partial charge on any atom is 0.159 e. The van der Waals surface area contributed by atoms with E-state index >= 15 is 0 Å². The minimum Gasteiger partial charge on any atom is -0.333 e. The molecule has 1 unspecified atom stereocenters. The number of benzene rings is 9. The Labute approximate surface area is 369 Å². The van der Waals surface area contributed by atoms with Crippen LogP contribution in [0.4, 0.5) is 0 Å². The Morgan fingerprint density at radius 2 is 0.625 bits per heavy atom. The zero-order valence-corrected chi connectivity index (χ0v) is 35.0. The normalized spacial score (nSPS) is 14.3. The van der Waals surface area contributed by atoms with E-state index in [9.17, 15) is 0 Å². The van der Waals surface area contributed by atoms with Gasteiger partial charge in [0.1, 0.15) is 12.0 Å². The lowest BCUT2D eigenvalue weighted by Crippen LogP contribution is -2.35. The van der Waals surface area contributed by atoms with E-state index in [1.807, 2.05) is 0 Å². The number of amidine groups is 2. The van der Waals surface area contributed by atoms with E-state index in [0.717, 1.165) is 39.6 Å². The number of nitrogens with zero attached hydrogens (tertiary/aromatic N) is 6. The van der Waals surface area contributed by atoms with Crippen molar-refractivity contribution in [2.24, 2.45) is 9.98 Å². The lowest BCUT2D eigenvalue weighted by atomic mass is 10.1. The van der Waals surface area contributed by atoms with Gasteiger partial charge in [-0.25, -0.2) is 9.98 Å². The lowest BCUT2D eigenvalue weighted by Gasteiger charge is -2.32. The molecule has 3 aromatic heterocycles. The molecule has 0 radical (unpaired) electrons. The highest BCUT2D eigenvalue weighted by Crippen LogP contribution is 2.37. The number of aliphatic imine (C=N–C) groups is 2. The molecule has 0 amide bonds. The van der Waals surface area contributed by atoms with Gasteiger partial charge in [-0.3, -0.25) is 0 Å². The molecule has 0 fully saturated rings. The molecule has 1 aliphatic rings. The van der Waals surface area contributed by atoms with Crippen molar-refractivity contribution < 1.29 is 0 Å². The zero-order valence-electron chi connectivity index (χ0n) is 35.0. The number of para-hydroxylation sites is 6. The first-order chi connectivity index (χ1) is 31.7. The van der Waals surface area contributed by atoms with Gasteiger partial charge in [-0.15, -0.1) is 0 Å². The smallest absolute Gasteiger partial charge is 0.159 e. The fourth-order valence-electron chi connectivity index (χ4n) is 10.1. The Morgan fingerprint density at radius 3 is 0.969 bits per heavy atom. The molecule has 0 N–H and O–H groups in total. The third kappa shape index (κ3) is 5.52. The summed E-state index contributed by atoms with van der Waals surface area (Å²) in [4.78, 5) is 13.0. The molecule has 0 spiro atoms. The highest BCUT2D eigenvalue weighted by Gasteiger charge is 2.27. The summed E-state index contributed by atoms with van der Waals surface area (Å²) in [7, 11) is 2.11. The third-order valence-corrected chi connectivity index (χ3v) is 13.1. The average molecular weight is 821 g/mol. The average Bonchev–Trinajstić information content (AvgIpc) is 4.00. The van der Waals surface area contributed by atoms with Crippen LogP contribution in [0.3, 0.4) is 0 Å². The van der Waals surface area contributed by atoms with Gasteiger partial charge in [0.2, 0.25) is 0 Å². The molecule has 6 nitrogen and oxygen atoms in total. The topological polar surface area (TPSA) is 42.8 Å². The first kappa shape index (κ1) is 36.2. The van der Waals surface area contributed by atoms with E-state index in [4.69, 9.17) is 9.98 Å². The first-order valence-corrected chi connectivity index (χ1v) is 21.8. The van der Waals surface area contributed by atoms with Gasteiger partial charge in [-0.05, 0) is 103 Å². The molecule has 1 aliphatic heterocycles. The minimum atomic E-state index is -0.316. The molecule has 0 aliphatic carbocycles. The van der Waals surface area contributed by atoms with Gasteiger partial charge in [-0.1, -0.05) is 121 Å². The highest BCUT2D eigenvalue weighted by molar-refractivity contribution is 6.14. The molecule has 302 valence electrons. The van der Waals surface area contributed by atoms with Crippen LogP contribution in [0.5, 0.6) is 0 Å². The van der Waals surface area contributed by atoms with Gasteiger partial charge in [0.25, 0.3) is 0 Å². The van der Waals surface area contributed by atoms with Crippen molar-refractivity contribution in [2.45, 2.75) is 6.17 Å². The van der Waals surface area contributed by atoms with Gasteiger partial charge in [0, 0.05) is 67.6 Å². The fourth-order valence-corrected chi connectivity index (χ4v) is 10.1. The number of hydrogen-bond donors (Lipinski definition) is 0. The summed E-state index contributed by atoms with van der Waals surface area (Å²) in [6.07, 6.45) is -0.316. The molecule has 6 heteroatoms. The van der Waals surface area contributed by atoms with Crippen molar-refractivity contribution in [1.29, 1.82) is 0 Å². The molecule has 1 atom stereocenters. The Morgan fingerprint density at radius 1 is 0.328 bits per heavy atom. The Hall–Kier alpha value is -8.48. The van der Waals surface area contributed by atoms with Crippen LogP contribution in [0, 0.1) is 0 Å². The van der Waals surface area contributed by atoms with Crippen LogP contribution < -0.4 is 0 Å². The molecule has 13 rings (SSSR count). The first-order valence-electron chi connectivity index (χ1n) is 21.8. The van der Waals surface area contributed by atoms with Gasteiger partial charge < -0.3 is 18.6 Å². The standard InChI is InChI=1S/C58H40N6/c1-61-57(39-28-34-42(35-29-39)63-52-22-10-4-16-46(52)47-17-5-11-23-53(47)63)59-56(38-26-32-41(33-27-38)62-50-20-8-2-14-44(50)45-15-3-9-21-51(45)62)60-58(61)40-30-36-43(37-31-40)64-54-24-12-6-18-48(54)49-19-7-13-25-55(49)64/h2-37,57H,1H3. The van der Waals surface area contributed by atoms with Crippen molar-refractivity contribution >= 4 is 77.1 Å². The van der Waals surface area contributed by atoms with Crippen LogP contribution in [0.15, 0.2) is 228 Å². The minimum absolute atomic E-state index is 0.316. The van der Waals surface area contributed by atoms with E-state index in [0.29, 0.717) is 5.84 Å². The maximum atomic E-state index is 5.43. The molecule has 4 heterocycles. The van der Waals surface area contributed by atoms with E-state index in [1.54, 1.807) is 0 Å². The van der Waals surface area contributed by atoms with Crippen molar-refractivity contribution in [1.82, 2.24) is 18.6 Å². The molecule has 12 aromatic rings. The highest BCUT2D eigenvalue weighted by atomic mass is 15.3. The summed E-state index contributed by atoms with van der Waals surface area (Å²) >= 11 is 0. The summed E-state index contributed by atoms with van der Waals surface area (Å²) in [5.41, 5.74) is 13.5. The molecule has 0 saturated carbocycles. The van der Waals surface area contributed by atoms with Crippen molar-refractivity contribution in [3.63, 3.8) is 0 Å². The largest absolute Gasteiger partial charge is 0.333 e. The van der Waals surface area contributed by atoms with Gasteiger partial charge in [0.15, 0.2) is 5.84 Å². The monoisotopic (exact) mass is 820 g/mol. The summed E-state index contributed by atoms with van der Waals surface area (Å²) < 4.78 is 7.06. The second kappa shape index (κ2) is 14.3. The zero-order chi connectivity index (χ0) is 42.3. The molecule has 0 bridgehead atoms. The lowest BCUT2D eigenvalue weighted by molar-refractivity contribution is 0.383. The third-order valence-electron chi connectivity index (χ3n) is 13.1.